The van der Waals surface area contributed by atoms with Crippen LogP contribution in [0.3, 0.4) is 0 Å². The highest BCUT2D eigenvalue weighted by Gasteiger charge is 2.14. The van der Waals surface area contributed by atoms with Crippen LogP contribution in [0, 0.1) is 0 Å². The summed E-state index contributed by atoms with van der Waals surface area (Å²) < 4.78 is 12.9. The highest BCUT2D eigenvalue weighted by atomic mass is 32.1. The molecule has 6 heteroatoms. The van der Waals surface area contributed by atoms with E-state index in [1.807, 2.05) is 54.6 Å². The quantitative estimate of drug-likeness (QED) is 0.509. The smallest absolute Gasteiger partial charge is 0.271 e. The highest BCUT2D eigenvalue weighted by Crippen LogP contribution is 2.33. The number of nitrogens with zero attached hydrogens (tertiary/aromatic N) is 2. The Labute approximate surface area is 166 Å². The molecule has 2 aromatic carbocycles. The predicted molar refractivity (Wildman–Crippen MR) is 113 cm³/mol. The second kappa shape index (κ2) is 7.48. The molecular formula is C22H20N2O3S. The van der Waals surface area contributed by atoms with Crippen LogP contribution in [0.4, 0.5) is 0 Å². The maximum absolute atomic E-state index is 12.9. The van der Waals surface area contributed by atoms with Crippen molar-refractivity contribution >= 4 is 21.6 Å². The molecule has 28 heavy (non-hydrogen) atoms. The molecule has 0 aliphatic heterocycles. The molecule has 5 nitrogen and oxygen atoms in total. The molecule has 4 rings (SSSR count). The molecule has 4 aromatic rings. The lowest BCUT2D eigenvalue weighted by atomic mass is 10.1. The second-order valence-electron chi connectivity index (χ2n) is 6.48. The molecule has 0 fully saturated rings. The van der Waals surface area contributed by atoms with Crippen LogP contribution in [-0.4, -0.2) is 23.8 Å². The van der Waals surface area contributed by atoms with E-state index in [0.29, 0.717) is 11.1 Å². The van der Waals surface area contributed by atoms with Crippen LogP contribution in [0.15, 0.2) is 59.4 Å². The summed E-state index contributed by atoms with van der Waals surface area (Å²) in [6, 6.07) is 17.6. The van der Waals surface area contributed by atoms with E-state index in [2.05, 4.69) is 0 Å². The molecule has 0 unspecified atom stereocenters. The summed E-state index contributed by atoms with van der Waals surface area (Å²) in [6.07, 6.45) is 0.559. The third-order valence-electron chi connectivity index (χ3n) is 4.70. The Morgan fingerprint density at radius 2 is 1.71 bits per heavy atom. The van der Waals surface area contributed by atoms with E-state index < -0.39 is 0 Å². The van der Waals surface area contributed by atoms with Crippen LogP contribution in [-0.2, 0) is 13.5 Å². The van der Waals surface area contributed by atoms with Crippen molar-refractivity contribution in [1.29, 1.82) is 0 Å². The third kappa shape index (κ3) is 3.39. The molecule has 0 radical (unpaired) electrons. The van der Waals surface area contributed by atoms with Gasteiger partial charge in [0.15, 0.2) is 0 Å². The van der Waals surface area contributed by atoms with E-state index in [4.69, 9.17) is 14.5 Å². The van der Waals surface area contributed by atoms with Gasteiger partial charge in [0, 0.05) is 18.3 Å². The first-order chi connectivity index (χ1) is 13.6. The molecule has 0 saturated heterocycles. The Morgan fingerprint density at radius 1 is 1.00 bits per heavy atom. The lowest BCUT2D eigenvalue weighted by molar-refractivity contribution is 0.414. The van der Waals surface area contributed by atoms with Gasteiger partial charge in [-0.2, -0.15) is 0 Å². The minimum Gasteiger partial charge on any atom is -0.497 e. The molecule has 2 heterocycles. The third-order valence-corrected chi connectivity index (χ3v) is 5.86. The zero-order valence-corrected chi connectivity index (χ0v) is 16.7. The van der Waals surface area contributed by atoms with Crippen molar-refractivity contribution in [2.45, 2.75) is 6.42 Å². The van der Waals surface area contributed by atoms with Gasteiger partial charge in [0.05, 0.1) is 19.7 Å². The van der Waals surface area contributed by atoms with Gasteiger partial charge in [0.25, 0.3) is 5.56 Å². The van der Waals surface area contributed by atoms with Crippen LogP contribution in [0.2, 0.25) is 0 Å². The summed E-state index contributed by atoms with van der Waals surface area (Å²) in [5.41, 5.74) is 2.76. The fourth-order valence-corrected chi connectivity index (χ4v) is 4.21. The number of benzene rings is 2. The summed E-state index contributed by atoms with van der Waals surface area (Å²) in [5, 5.41) is 0. The van der Waals surface area contributed by atoms with Crippen LogP contribution >= 0.6 is 11.3 Å². The van der Waals surface area contributed by atoms with Crippen molar-refractivity contribution in [1.82, 2.24) is 9.55 Å². The van der Waals surface area contributed by atoms with Crippen LogP contribution in [0.25, 0.3) is 20.7 Å². The highest BCUT2D eigenvalue weighted by molar-refractivity contribution is 7.22. The topological polar surface area (TPSA) is 53.4 Å². The van der Waals surface area contributed by atoms with Crippen molar-refractivity contribution in [2.24, 2.45) is 7.05 Å². The Bertz CT molecular complexity index is 1210. The van der Waals surface area contributed by atoms with Crippen molar-refractivity contribution < 1.29 is 9.47 Å². The molecule has 0 bridgehead atoms. The maximum Gasteiger partial charge on any atom is 0.271 e. The first kappa shape index (κ1) is 18.3. The Morgan fingerprint density at radius 3 is 2.46 bits per heavy atom. The number of hydrogen-bond donors (Lipinski definition) is 0. The van der Waals surface area contributed by atoms with E-state index in [1.54, 1.807) is 25.8 Å². The fourth-order valence-electron chi connectivity index (χ4n) is 3.14. The average Bonchev–Trinajstić information content (AvgIpc) is 3.16. The molecule has 0 aliphatic carbocycles. The number of hydrogen-bond acceptors (Lipinski definition) is 5. The number of methoxy groups -OCH3 is 2. The molecular weight excluding hydrogens is 372 g/mol. The SMILES string of the molecule is COc1cccc(Cc2nc3cc(-c4cccc(OC)c4)sc3c(=O)n2C)c1. The monoisotopic (exact) mass is 392 g/mol. The molecule has 0 spiro atoms. The van der Waals surface area contributed by atoms with Gasteiger partial charge in [-0.3, -0.25) is 9.36 Å². The van der Waals surface area contributed by atoms with E-state index >= 15 is 0 Å². The van der Waals surface area contributed by atoms with Gasteiger partial charge in [-0.25, -0.2) is 4.98 Å². The van der Waals surface area contributed by atoms with Gasteiger partial charge in [0.2, 0.25) is 0 Å². The lowest BCUT2D eigenvalue weighted by Crippen LogP contribution is -2.21. The van der Waals surface area contributed by atoms with E-state index in [9.17, 15) is 4.79 Å². The molecule has 0 saturated carbocycles. The van der Waals surface area contributed by atoms with Gasteiger partial charge in [-0.05, 0) is 41.5 Å². The number of ether oxygens (including phenoxy) is 2. The van der Waals surface area contributed by atoms with Gasteiger partial charge >= 0.3 is 0 Å². The standard InChI is InChI=1S/C22H20N2O3S/c1-24-20(11-14-6-4-8-16(10-14)26-2)23-18-13-19(28-21(18)22(24)25)15-7-5-9-17(12-15)27-3/h4-10,12-13H,11H2,1-3H3. The zero-order valence-electron chi connectivity index (χ0n) is 15.9. The molecule has 0 atom stereocenters. The summed E-state index contributed by atoms with van der Waals surface area (Å²) >= 11 is 1.46. The van der Waals surface area contributed by atoms with E-state index in [0.717, 1.165) is 38.8 Å². The summed E-state index contributed by atoms with van der Waals surface area (Å²) in [4.78, 5) is 18.7. The first-order valence-corrected chi connectivity index (χ1v) is 9.67. The van der Waals surface area contributed by atoms with Crippen molar-refractivity contribution in [3.05, 3.63) is 76.3 Å². The van der Waals surface area contributed by atoms with Gasteiger partial charge < -0.3 is 9.47 Å². The predicted octanol–water partition coefficient (Wildman–Crippen LogP) is 4.27. The van der Waals surface area contributed by atoms with E-state index in [-0.39, 0.29) is 5.56 Å². The van der Waals surface area contributed by atoms with Crippen LogP contribution in [0.1, 0.15) is 11.4 Å². The largest absolute Gasteiger partial charge is 0.497 e. The lowest BCUT2D eigenvalue weighted by Gasteiger charge is -2.08. The minimum atomic E-state index is -0.0259. The Kier molecular flexibility index (Phi) is 4.88. The Balaban J connectivity index is 1.77. The van der Waals surface area contributed by atoms with Gasteiger partial charge in [-0.15, -0.1) is 11.3 Å². The number of thiophene rings is 1. The zero-order chi connectivity index (χ0) is 19.7. The molecule has 0 N–H and O–H groups in total. The summed E-state index contributed by atoms with van der Waals surface area (Å²) in [5.74, 6) is 2.30. The van der Waals surface area contributed by atoms with Crippen LogP contribution in [0.5, 0.6) is 11.5 Å². The first-order valence-electron chi connectivity index (χ1n) is 8.86. The van der Waals surface area contributed by atoms with E-state index in [1.165, 1.54) is 11.3 Å². The van der Waals surface area contributed by atoms with Gasteiger partial charge in [-0.1, -0.05) is 24.3 Å². The van der Waals surface area contributed by atoms with Crippen molar-refractivity contribution in [3.63, 3.8) is 0 Å². The number of fused-ring (bicyclic) bond motifs is 1. The summed E-state index contributed by atoms with van der Waals surface area (Å²) in [6.45, 7) is 0. The fraction of sp³-hybridized carbons (Fsp3) is 0.182. The van der Waals surface area contributed by atoms with Gasteiger partial charge in [0.1, 0.15) is 22.0 Å². The molecule has 2 aromatic heterocycles. The normalized spacial score (nSPS) is 11.0. The van der Waals surface area contributed by atoms with Crippen molar-refractivity contribution in [3.8, 4) is 21.9 Å². The van der Waals surface area contributed by atoms with Crippen LogP contribution < -0.4 is 15.0 Å². The maximum atomic E-state index is 12.9. The average molecular weight is 392 g/mol. The number of aromatic nitrogens is 2. The molecule has 0 amide bonds. The Hall–Kier alpha value is -3.12. The second-order valence-corrected chi connectivity index (χ2v) is 7.53. The summed E-state index contributed by atoms with van der Waals surface area (Å²) in [7, 11) is 5.06. The molecule has 142 valence electrons. The number of rotatable bonds is 5. The molecule has 0 aliphatic rings. The van der Waals surface area contributed by atoms with Crippen molar-refractivity contribution in [2.75, 3.05) is 14.2 Å². The minimum absolute atomic E-state index is 0.0259.